The lowest BCUT2D eigenvalue weighted by Gasteiger charge is -2.38. The van der Waals surface area contributed by atoms with E-state index in [-0.39, 0.29) is 11.8 Å². The molecule has 2 saturated heterocycles. The average molecular weight is 369 g/mol. The Morgan fingerprint density at radius 3 is 2.48 bits per heavy atom. The number of anilines is 2. The van der Waals surface area contributed by atoms with Gasteiger partial charge in [0, 0.05) is 38.5 Å². The summed E-state index contributed by atoms with van der Waals surface area (Å²) < 4.78 is 11.6. The van der Waals surface area contributed by atoms with Crippen molar-refractivity contribution in [3.8, 4) is 0 Å². The Morgan fingerprint density at radius 1 is 1.11 bits per heavy atom. The lowest BCUT2D eigenvalue weighted by molar-refractivity contribution is -0.169. The topological polar surface area (TPSA) is 63.6 Å². The lowest BCUT2D eigenvalue weighted by atomic mass is 10.0. The number of hydrogen-bond donors (Lipinski definition) is 0. The van der Waals surface area contributed by atoms with Crippen LogP contribution < -0.4 is 9.80 Å². The molecule has 3 heterocycles. The molecule has 2 aliphatic heterocycles. The van der Waals surface area contributed by atoms with Crippen LogP contribution in [0.3, 0.4) is 0 Å². The molecule has 4 rings (SSSR count). The minimum Gasteiger partial charge on any atom is -0.355 e. The fourth-order valence-electron chi connectivity index (χ4n) is 3.69. The summed E-state index contributed by atoms with van der Waals surface area (Å²) in [5, 5.41) is 8.55. The zero-order chi connectivity index (χ0) is 18.7. The van der Waals surface area contributed by atoms with Gasteiger partial charge in [0.25, 0.3) is 0 Å². The van der Waals surface area contributed by atoms with E-state index in [0.29, 0.717) is 19.2 Å². The summed E-state index contributed by atoms with van der Waals surface area (Å²) >= 11 is 0. The number of benzene rings is 1. The van der Waals surface area contributed by atoms with Gasteiger partial charge in [0.1, 0.15) is 0 Å². The summed E-state index contributed by atoms with van der Waals surface area (Å²) in [7, 11) is 0. The molecule has 2 aliphatic rings. The first-order chi connectivity index (χ1) is 13.2. The fraction of sp³-hybridized carbons (Fsp3) is 0.550. The van der Waals surface area contributed by atoms with Crippen molar-refractivity contribution in [3.05, 3.63) is 42.1 Å². The van der Waals surface area contributed by atoms with Gasteiger partial charge in [0.2, 0.25) is 5.95 Å². The van der Waals surface area contributed by atoms with Crippen molar-refractivity contribution in [2.45, 2.75) is 45.1 Å². The highest BCUT2D eigenvalue weighted by atomic mass is 16.7. The first kappa shape index (κ1) is 18.1. The van der Waals surface area contributed by atoms with Crippen molar-refractivity contribution in [1.29, 1.82) is 0 Å². The van der Waals surface area contributed by atoms with Crippen LogP contribution in [-0.4, -0.2) is 53.3 Å². The predicted octanol–water partition coefficient (Wildman–Crippen LogP) is 2.63. The minimum atomic E-state index is -0.378. The highest BCUT2D eigenvalue weighted by Gasteiger charge is 2.40. The second kappa shape index (κ2) is 7.78. The minimum absolute atomic E-state index is 0.271. The van der Waals surface area contributed by atoms with Crippen molar-refractivity contribution in [1.82, 2.24) is 15.2 Å². The van der Waals surface area contributed by atoms with Crippen molar-refractivity contribution >= 4 is 11.8 Å². The zero-order valence-electron chi connectivity index (χ0n) is 16.0. The molecule has 0 atom stereocenters. The van der Waals surface area contributed by atoms with Crippen molar-refractivity contribution in [2.24, 2.45) is 0 Å². The van der Waals surface area contributed by atoms with E-state index in [9.17, 15) is 0 Å². The maximum atomic E-state index is 5.82. The van der Waals surface area contributed by atoms with Gasteiger partial charge in [-0.25, -0.2) is 0 Å². The third-order valence-electron chi connectivity index (χ3n) is 5.27. The number of rotatable bonds is 5. The van der Waals surface area contributed by atoms with Crippen LogP contribution in [0.5, 0.6) is 0 Å². The molecule has 144 valence electrons. The second-order valence-corrected chi connectivity index (χ2v) is 7.42. The molecule has 1 aromatic carbocycles. The van der Waals surface area contributed by atoms with Crippen LogP contribution in [0.2, 0.25) is 0 Å². The first-order valence-electron chi connectivity index (χ1n) is 9.68. The molecule has 1 spiro atoms. The van der Waals surface area contributed by atoms with Crippen molar-refractivity contribution in [2.75, 3.05) is 36.1 Å². The summed E-state index contributed by atoms with van der Waals surface area (Å²) in [6.45, 7) is 8.15. The zero-order valence-corrected chi connectivity index (χ0v) is 16.0. The molecule has 0 saturated carbocycles. The van der Waals surface area contributed by atoms with E-state index in [1.165, 1.54) is 5.56 Å². The monoisotopic (exact) mass is 369 g/mol. The van der Waals surface area contributed by atoms with Crippen LogP contribution in [-0.2, 0) is 16.0 Å². The van der Waals surface area contributed by atoms with Crippen LogP contribution in [0.25, 0.3) is 0 Å². The SMILES string of the molecule is CC(C)N(Cc1ccccc1)c1nncc(N2CCC3(CC2)OCCO3)n1. The Balaban J connectivity index is 1.49. The molecule has 0 radical (unpaired) electrons. The summed E-state index contributed by atoms with van der Waals surface area (Å²) in [5.41, 5.74) is 1.23. The molecule has 0 bridgehead atoms. The molecule has 7 heteroatoms. The smallest absolute Gasteiger partial charge is 0.247 e. The highest BCUT2D eigenvalue weighted by Crippen LogP contribution is 2.32. The van der Waals surface area contributed by atoms with Gasteiger partial charge in [-0.15, -0.1) is 5.10 Å². The number of hydrogen-bond acceptors (Lipinski definition) is 7. The second-order valence-electron chi connectivity index (χ2n) is 7.42. The van der Waals surface area contributed by atoms with Crippen LogP contribution in [0.1, 0.15) is 32.3 Å². The normalized spacial score (nSPS) is 19.0. The van der Waals surface area contributed by atoms with Gasteiger partial charge in [-0.3, -0.25) is 0 Å². The molecule has 0 aliphatic carbocycles. The Hall–Kier alpha value is -2.25. The van der Waals surface area contributed by atoms with Gasteiger partial charge in [0.15, 0.2) is 11.6 Å². The average Bonchev–Trinajstić information content (AvgIpc) is 3.15. The first-order valence-corrected chi connectivity index (χ1v) is 9.68. The molecule has 0 amide bonds. The van der Waals surface area contributed by atoms with Gasteiger partial charge in [-0.1, -0.05) is 30.3 Å². The molecule has 0 unspecified atom stereocenters. The van der Waals surface area contributed by atoms with E-state index in [4.69, 9.17) is 14.5 Å². The molecule has 1 aromatic heterocycles. The van der Waals surface area contributed by atoms with Gasteiger partial charge in [-0.2, -0.15) is 10.1 Å². The number of ether oxygens (including phenoxy) is 2. The molecular weight excluding hydrogens is 342 g/mol. The summed E-state index contributed by atoms with van der Waals surface area (Å²) in [5.74, 6) is 1.16. The number of aromatic nitrogens is 3. The van der Waals surface area contributed by atoms with Crippen LogP contribution in [0.4, 0.5) is 11.8 Å². The number of nitrogens with zero attached hydrogens (tertiary/aromatic N) is 5. The molecule has 2 aromatic rings. The largest absolute Gasteiger partial charge is 0.355 e. The summed E-state index contributed by atoms with van der Waals surface area (Å²) in [6, 6.07) is 10.7. The van der Waals surface area contributed by atoms with Crippen LogP contribution in [0.15, 0.2) is 36.5 Å². The predicted molar refractivity (Wildman–Crippen MR) is 104 cm³/mol. The molecule has 2 fully saturated rings. The summed E-state index contributed by atoms with van der Waals surface area (Å²) in [4.78, 5) is 9.25. The Labute approximate surface area is 160 Å². The summed E-state index contributed by atoms with van der Waals surface area (Å²) in [6.07, 6.45) is 3.45. The molecule has 7 nitrogen and oxygen atoms in total. The fourth-order valence-corrected chi connectivity index (χ4v) is 3.69. The third kappa shape index (κ3) is 4.04. The van der Waals surface area contributed by atoms with Gasteiger partial charge >= 0.3 is 0 Å². The van der Waals surface area contributed by atoms with Crippen LogP contribution >= 0.6 is 0 Å². The highest BCUT2D eigenvalue weighted by molar-refractivity contribution is 5.43. The third-order valence-corrected chi connectivity index (χ3v) is 5.27. The van der Waals surface area contributed by atoms with E-state index < -0.39 is 0 Å². The Morgan fingerprint density at radius 2 is 1.81 bits per heavy atom. The van der Waals surface area contributed by atoms with E-state index in [1.54, 1.807) is 6.20 Å². The standard InChI is InChI=1S/C20H27N5O2/c1-16(2)25(15-17-6-4-3-5-7-17)19-22-18(14-21-23-19)24-10-8-20(9-11-24)26-12-13-27-20/h3-7,14,16H,8-13,15H2,1-2H3. The van der Waals surface area contributed by atoms with Crippen molar-refractivity contribution < 1.29 is 9.47 Å². The van der Waals surface area contributed by atoms with E-state index in [1.807, 2.05) is 6.07 Å². The van der Waals surface area contributed by atoms with E-state index >= 15 is 0 Å². The Kier molecular flexibility index (Phi) is 5.22. The van der Waals surface area contributed by atoms with Gasteiger partial charge in [-0.05, 0) is 19.4 Å². The van der Waals surface area contributed by atoms with Crippen LogP contribution in [0, 0.1) is 0 Å². The van der Waals surface area contributed by atoms with E-state index in [0.717, 1.165) is 38.3 Å². The maximum absolute atomic E-state index is 5.82. The molecule has 0 N–H and O–H groups in total. The van der Waals surface area contributed by atoms with Crippen molar-refractivity contribution in [3.63, 3.8) is 0 Å². The molecular formula is C20H27N5O2. The van der Waals surface area contributed by atoms with E-state index in [2.05, 4.69) is 58.1 Å². The van der Waals surface area contributed by atoms with Gasteiger partial charge in [0.05, 0.1) is 19.4 Å². The maximum Gasteiger partial charge on any atom is 0.247 e. The van der Waals surface area contributed by atoms with Gasteiger partial charge < -0.3 is 19.3 Å². The lowest BCUT2D eigenvalue weighted by Crippen LogP contribution is -2.45. The number of piperidine rings is 1. The Bertz CT molecular complexity index is 739. The quantitative estimate of drug-likeness (QED) is 0.803. The molecule has 27 heavy (non-hydrogen) atoms.